The Labute approximate surface area is 437 Å². The van der Waals surface area contributed by atoms with E-state index in [4.69, 9.17) is 24.9 Å². The van der Waals surface area contributed by atoms with Crippen LogP contribution in [0.3, 0.4) is 0 Å². The maximum Gasteiger partial charge on any atom is 0.104 e. The van der Waals surface area contributed by atoms with E-state index in [0.717, 1.165) is 123 Å². The monoisotopic (exact) mass is 970 g/mol. The summed E-state index contributed by atoms with van der Waals surface area (Å²) in [5.74, 6) is 0. The summed E-state index contributed by atoms with van der Waals surface area (Å²) in [4.78, 5) is 26.0. The molecule has 7 aromatic heterocycles. The fourth-order valence-corrected chi connectivity index (χ4v) is 10.7. The molecule has 0 aliphatic carbocycles. The lowest BCUT2D eigenvalue weighted by molar-refractivity contribution is 1.11. The molecule has 76 heavy (non-hydrogen) atoms. The maximum atomic E-state index is 11.7. The molecule has 0 radical (unpaired) electrons. The van der Waals surface area contributed by atoms with E-state index >= 15 is 0 Å². The number of hydrogen-bond donors (Lipinski definition) is 0. The van der Waals surface area contributed by atoms with E-state index in [1.54, 1.807) is 0 Å². The van der Waals surface area contributed by atoms with Crippen molar-refractivity contribution in [2.45, 2.75) is 0 Å². The van der Waals surface area contributed by atoms with Gasteiger partial charge in [-0.3, -0.25) is 9.97 Å². The number of fused-ring (bicyclic) bond motifs is 6. The molecule has 0 saturated heterocycles. The quantitative estimate of drug-likeness (QED) is 0.143. The predicted octanol–water partition coefficient (Wildman–Crippen LogP) is 16.4. The van der Waals surface area contributed by atoms with Crippen molar-refractivity contribution in [3.05, 3.63) is 261 Å². The van der Waals surface area contributed by atoms with Gasteiger partial charge in [-0.05, 0) is 96.1 Å². The third kappa shape index (κ3) is 7.66. The Bertz CT molecular complexity index is 4080. The SMILES string of the molecule is N#Cc1c(-n2c3ccccc3c3ncccc32)cc(-c2cc(-c3cc(-c4ccccc4)nc(-c4ccccc4)c3)nc(-c3cc(-c4ccccc4)nc(-c4ccccc4)c3)c2)cc1-n1c2ccccc2c2ncccc21. The first kappa shape index (κ1) is 44.1. The van der Waals surface area contributed by atoms with E-state index in [0.29, 0.717) is 16.9 Å². The number of nitrogens with zero attached hydrogens (tertiary/aromatic N) is 8. The molecule has 0 atom stereocenters. The molecule has 8 heteroatoms. The summed E-state index contributed by atoms with van der Waals surface area (Å²) in [6.45, 7) is 0. The molecule has 0 saturated carbocycles. The molecule has 0 spiro atoms. The first-order chi connectivity index (χ1) is 37.6. The van der Waals surface area contributed by atoms with Crippen LogP contribution in [-0.2, 0) is 0 Å². The molecular weight excluding hydrogens is 929 g/mol. The van der Waals surface area contributed by atoms with Gasteiger partial charge >= 0.3 is 0 Å². The van der Waals surface area contributed by atoms with Crippen LogP contribution < -0.4 is 0 Å². The Morgan fingerprint density at radius 2 is 0.592 bits per heavy atom. The van der Waals surface area contributed by atoms with Crippen LogP contribution in [0.15, 0.2) is 255 Å². The fourth-order valence-electron chi connectivity index (χ4n) is 10.7. The van der Waals surface area contributed by atoms with Crippen LogP contribution in [0.2, 0.25) is 0 Å². The summed E-state index contributed by atoms with van der Waals surface area (Å²) in [6, 6.07) is 85.8. The largest absolute Gasteiger partial charge is 0.306 e. The van der Waals surface area contributed by atoms with Gasteiger partial charge in [0, 0.05) is 56.5 Å². The highest BCUT2D eigenvalue weighted by Crippen LogP contribution is 2.42. The highest BCUT2D eigenvalue weighted by atomic mass is 15.0. The minimum absolute atomic E-state index is 0.500. The highest BCUT2D eigenvalue weighted by molar-refractivity contribution is 6.09. The number of aromatic nitrogens is 7. The third-order valence-corrected chi connectivity index (χ3v) is 14.2. The smallest absolute Gasteiger partial charge is 0.104 e. The minimum atomic E-state index is 0.500. The number of rotatable bonds is 9. The van der Waals surface area contributed by atoms with E-state index in [1.165, 1.54) is 0 Å². The Morgan fingerprint density at radius 1 is 0.289 bits per heavy atom. The first-order valence-corrected chi connectivity index (χ1v) is 25.2. The van der Waals surface area contributed by atoms with E-state index in [1.807, 2.05) is 122 Å². The van der Waals surface area contributed by atoms with Gasteiger partial charge in [0.2, 0.25) is 0 Å². The van der Waals surface area contributed by atoms with E-state index in [2.05, 4.69) is 149 Å². The molecule has 14 aromatic rings. The standard InChI is InChI=1S/C68H42N8/c69-43-54-65(75-61-29-15-13-27-52(61)67-63(75)31-17-33-70-67)41-49(42-66(54)76-62-30-16-14-28-53(62)68-64(76)32-18-34-71-68)48-35-59(50-37-55(44-19-5-1-6-20-44)72-56(38-50)45-21-7-2-8-22-45)74-60(36-48)51-39-57(46-23-9-3-10-24-46)73-58(40-51)47-25-11-4-12-26-47/h1-42H. The second-order valence-electron chi connectivity index (χ2n) is 18.8. The third-order valence-electron chi connectivity index (χ3n) is 14.2. The van der Waals surface area contributed by atoms with Crippen LogP contribution in [0.1, 0.15) is 5.56 Å². The zero-order chi connectivity index (χ0) is 50.5. The fraction of sp³-hybridized carbons (Fsp3) is 0. The lowest BCUT2D eigenvalue weighted by Crippen LogP contribution is -2.05. The minimum Gasteiger partial charge on any atom is -0.306 e. The van der Waals surface area contributed by atoms with Gasteiger partial charge in [0.1, 0.15) is 11.6 Å². The molecule has 14 rings (SSSR count). The molecule has 0 bridgehead atoms. The van der Waals surface area contributed by atoms with Crippen molar-refractivity contribution in [1.29, 1.82) is 5.26 Å². The zero-order valence-corrected chi connectivity index (χ0v) is 40.8. The topological polar surface area (TPSA) is 98.1 Å². The number of pyridine rings is 5. The molecule has 0 amide bonds. The molecule has 0 N–H and O–H groups in total. The summed E-state index contributed by atoms with van der Waals surface area (Å²) in [7, 11) is 0. The molecular formula is C68H42N8. The number of nitriles is 1. The van der Waals surface area contributed by atoms with Crippen LogP contribution in [0.5, 0.6) is 0 Å². The molecule has 8 nitrogen and oxygen atoms in total. The molecule has 7 heterocycles. The molecule has 0 aliphatic rings. The highest BCUT2D eigenvalue weighted by Gasteiger charge is 2.24. The summed E-state index contributed by atoms with van der Waals surface area (Å²) >= 11 is 0. The van der Waals surface area contributed by atoms with Gasteiger partial charge in [-0.15, -0.1) is 0 Å². The van der Waals surface area contributed by atoms with Gasteiger partial charge in [0.15, 0.2) is 0 Å². The Kier molecular flexibility index (Phi) is 10.7. The van der Waals surface area contributed by atoms with E-state index in [9.17, 15) is 5.26 Å². The Balaban J connectivity index is 1.10. The summed E-state index contributed by atoms with van der Waals surface area (Å²) in [5, 5.41) is 13.7. The van der Waals surface area contributed by atoms with Gasteiger partial charge < -0.3 is 9.13 Å². The van der Waals surface area contributed by atoms with Crippen molar-refractivity contribution in [2.75, 3.05) is 0 Å². The average Bonchev–Trinajstić information content (AvgIpc) is 4.14. The molecule has 7 aromatic carbocycles. The molecule has 354 valence electrons. The maximum absolute atomic E-state index is 11.7. The second kappa shape index (κ2) is 18.5. The van der Waals surface area contributed by atoms with E-state index < -0.39 is 0 Å². The van der Waals surface area contributed by atoms with Crippen molar-refractivity contribution in [3.63, 3.8) is 0 Å². The van der Waals surface area contributed by atoms with Crippen molar-refractivity contribution in [2.24, 2.45) is 0 Å². The lowest BCUT2D eigenvalue weighted by Gasteiger charge is -2.19. The van der Waals surface area contributed by atoms with Gasteiger partial charge in [-0.2, -0.15) is 5.26 Å². The molecule has 0 unspecified atom stereocenters. The summed E-state index contributed by atoms with van der Waals surface area (Å²) in [6.07, 6.45) is 3.66. The summed E-state index contributed by atoms with van der Waals surface area (Å²) < 4.78 is 4.39. The summed E-state index contributed by atoms with van der Waals surface area (Å²) in [5.41, 5.74) is 19.6. The van der Waals surface area contributed by atoms with Crippen LogP contribution in [0.4, 0.5) is 0 Å². The van der Waals surface area contributed by atoms with Crippen molar-refractivity contribution in [3.8, 4) is 96.1 Å². The van der Waals surface area contributed by atoms with Crippen LogP contribution in [-0.4, -0.2) is 34.1 Å². The Hall–Kier alpha value is -10.6. The Morgan fingerprint density at radius 3 is 0.961 bits per heavy atom. The van der Waals surface area contributed by atoms with Gasteiger partial charge in [-0.1, -0.05) is 158 Å². The zero-order valence-electron chi connectivity index (χ0n) is 40.8. The van der Waals surface area contributed by atoms with Gasteiger partial charge in [0.05, 0.1) is 78.6 Å². The number of hydrogen-bond acceptors (Lipinski definition) is 6. The average molecular weight is 971 g/mol. The van der Waals surface area contributed by atoms with Gasteiger partial charge in [-0.25, -0.2) is 15.0 Å². The lowest BCUT2D eigenvalue weighted by atomic mass is 9.95. The predicted molar refractivity (Wildman–Crippen MR) is 307 cm³/mol. The van der Waals surface area contributed by atoms with Crippen molar-refractivity contribution in [1.82, 2.24) is 34.1 Å². The van der Waals surface area contributed by atoms with Crippen LogP contribution >= 0.6 is 0 Å². The second-order valence-corrected chi connectivity index (χ2v) is 18.8. The number of benzene rings is 7. The van der Waals surface area contributed by atoms with Crippen LogP contribution in [0, 0.1) is 11.3 Å². The number of para-hydroxylation sites is 2. The normalized spacial score (nSPS) is 11.4. The molecule has 0 aliphatic heterocycles. The van der Waals surface area contributed by atoms with Crippen molar-refractivity contribution >= 4 is 43.9 Å². The van der Waals surface area contributed by atoms with E-state index in [-0.39, 0.29) is 0 Å². The molecule has 0 fully saturated rings. The van der Waals surface area contributed by atoms with Crippen molar-refractivity contribution < 1.29 is 0 Å². The van der Waals surface area contributed by atoms with Gasteiger partial charge in [0.25, 0.3) is 0 Å². The van der Waals surface area contributed by atoms with Crippen LogP contribution in [0.25, 0.3) is 134 Å². The first-order valence-electron chi connectivity index (χ1n) is 25.2.